The van der Waals surface area contributed by atoms with Crippen LogP contribution >= 0.6 is 0 Å². The molecule has 1 aliphatic rings. The molecule has 1 heterocycles. The van der Waals surface area contributed by atoms with Gasteiger partial charge in [-0.1, -0.05) is 13.8 Å². The van der Waals surface area contributed by atoms with Crippen molar-refractivity contribution in [1.29, 1.82) is 0 Å². The number of aliphatic hydroxyl groups is 2. The normalized spacial score (nSPS) is 27.8. The smallest absolute Gasteiger partial charge is 0.0754 e. The summed E-state index contributed by atoms with van der Waals surface area (Å²) in [7, 11) is 0. The fourth-order valence-electron chi connectivity index (χ4n) is 3.15. The molecule has 0 radical (unpaired) electrons. The van der Waals surface area contributed by atoms with Crippen LogP contribution in [0.3, 0.4) is 0 Å². The minimum Gasteiger partial charge on any atom is -0.396 e. The zero-order chi connectivity index (χ0) is 12.8. The Hall–Kier alpha value is -0.120. The second kappa shape index (κ2) is 3.69. The number of hydrogen-bond acceptors (Lipinski definition) is 3. The Bertz CT molecular complexity index is 253. The van der Waals surface area contributed by atoms with Crippen LogP contribution in [0.4, 0.5) is 0 Å². The zero-order valence-electron chi connectivity index (χ0n) is 11.5. The molecule has 0 amide bonds. The molecule has 0 aromatic rings. The molecule has 0 unspecified atom stereocenters. The lowest BCUT2D eigenvalue weighted by atomic mass is 9.62. The molecule has 0 bridgehead atoms. The number of aliphatic hydroxyl groups excluding tert-OH is 1. The summed E-state index contributed by atoms with van der Waals surface area (Å²) in [5, 5.41) is 23.9. The van der Waals surface area contributed by atoms with E-state index in [0.717, 1.165) is 0 Å². The van der Waals surface area contributed by atoms with E-state index < -0.39 is 11.0 Å². The van der Waals surface area contributed by atoms with Crippen molar-refractivity contribution >= 4 is 0 Å². The Kier molecular flexibility index (Phi) is 3.21. The van der Waals surface area contributed by atoms with Gasteiger partial charge in [-0.3, -0.25) is 0 Å². The van der Waals surface area contributed by atoms with Gasteiger partial charge in [0, 0.05) is 16.5 Å². The molecule has 3 N–H and O–H groups in total. The van der Waals surface area contributed by atoms with E-state index in [9.17, 15) is 10.2 Å². The number of nitrogens with one attached hydrogen (secondary N) is 1. The van der Waals surface area contributed by atoms with Gasteiger partial charge in [0.05, 0.1) is 12.2 Å². The molecule has 1 rings (SSSR count). The Morgan fingerprint density at radius 3 is 1.75 bits per heavy atom. The van der Waals surface area contributed by atoms with E-state index in [4.69, 9.17) is 0 Å². The van der Waals surface area contributed by atoms with Gasteiger partial charge in [-0.15, -0.1) is 0 Å². The second-order valence-electron chi connectivity index (χ2n) is 7.32. The highest BCUT2D eigenvalue weighted by Crippen LogP contribution is 2.45. The lowest BCUT2D eigenvalue weighted by Gasteiger charge is -2.55. The highest BCUT2D eigenvalue weighted by Gasteiger charge is 2.53. The summed E-state index contributed by atoms with van der Waals surface area (Å²) in [5.74, 6) is 0. The van der Waals surface area contributed by atoms with Crippen LogP contribution in [0.15, 0.2) is 0 Å². The van der Waals surface area contributed by atoms with Crippen LogP contribution in [0.5, 0.6) is 0 Å². The number of hydrogen-bond donors (Lipinski definition) is 3. The standard InChI is InChI=1S/C13H27NO2/c1-10(2,9-15)13(16)7-11(3,4)14-12(5,6)8-13/h14-16H,7-9H2,1-6H3. The molecular formula is C13H27NO2. The molecule has 0 aromatic carbocycles. The Morgan fingerprint density at radius 2 is 1.44 bits per heavy atom. The number of piperidine rings is 1. The first-order chi connectivity index (χ1) is 6.93. The molecule has 96 valence electrons. The monoisotopic (exact) mass is 229 g/mol. The third-order valence-electron chi connectivity index (χ3n) is 3.80. The third-order valence-corrected chi connectivity index (χ3v) is 3.80. The SMILES string of the molecule is CC1(C)CC(O)(C(C)(C)CO)CC(C)(C)N1. The first kappa shape index (κ1) is 13.9. The van der Waals surface area contributed by atoms with E-state index in [1.165, 1.54) is 0 Å². The van der Waals surface area contributed by atoms with E-state index >= 15 is 0 Å². The van der Waals surface area contributed by atoms with Crippen LogP contribution in [-0.4, -0.2) is 33.5 Å². The molecule has 0 aromatic heterocycles. The van der Waals surface area contributed by atoms with E-state index in [0.29, 0.717) is 12.8 Å². The molecule has 0 spiro atoms. The second-order valence-corrected chi connectivity index (χ2v) is 7.32. The van der Waals surface area contributed by atoms with Crippen molar-refractivity contribution in [3.8, 4) is 0 Å². The van der Waals surface area contributed by atoms with Crippen molar-refractivity contribution in [3.63, 3.8) is 0 Å². The van der Waals surface area contributed by atoms with Crippen molar-refractivity contribution < 1.29 is 10.2 Å². The van der Waals surface area contributed by atoms with Gasteiger partial charge in [0.2, 0.25) is 0 Å². The van der Waals surface area contributed by atoms with E-state index in [1.54, 1.807) is 0 Å². The summed E-state index contributed by atoms with van der Waals surface area (Å²) in [6.07, 6.45) is 1.33. The van der Waals surface area contributed by atoms with Gasteiger partial charge >= 0.3 is 0 Å². The van der Waals surface area contributed by atoms with E-state index in [1.807, 2.05) is 13.8 Å². The summed E-state index contributed by atoms with van der Waals surface area (Å²) in [5.41, 5.74) is -1.50. The van der Waals surface area contributed by atoms with E-state index in [-0.39, 0.29) is 17.7 Å². The van der Waals surface area contributed by atoms with Crippen LogP contribution in [-0.2, 0) is 0 Å². The molecule has 1 saturated heterocycles. The average molecular weight is 229 g/mol. The summed E-state index contributed by atoms with van der Waals surface area (Å²) < 4.78 is 0. The van der Waals surface area contributed by atoms with Gasteiger partial charge in [0.25, 0.3) is 0 Å². The zero-order valence-corrected chi connectivity index (χ0v) is 11.5. The molecule has 0 aliphatic carbocycles. The Balaban J connectivity index is 3.05. The maximum absolute atomic E-state index is 10.9. The lowest BCUT2D eigenvalue weighted by Crippen LogP contribution is -2.67. The van der Waals surface area contributed by atoms with Crippen LogP contribution in [0.1, 0.15) is 54.4 Å². The van der Waals surface area contributed by atoms with Gasteiger partial charge in [-0.05, 0) is 40.5 Å². The molecule has 1 aliphatic heterocycles. The molecule has 3 nitrogen and oxygen atoms in total. The summed E-state index contributed by atoms with van der Waals surface area (Å²) >= 11 is 0. The Morgan fingerprint density at radius 1 is 1.06 bits per heavy atom. The first-order valence-electron chi connectivity index (χ1n) is 6.06. The molecule has 0 saturated carbocycles. The fourth-order valence-corrected chi connectivity index (χ4v) is 3.15. The van der Waals surface area contributed by atoms with Crippen molar-refractivity contribution in [1.82, 2.24) is 5.32 Å². The summed E-state index contributed by atoms with van der Waals surface area (Å²) in [6.45, 7) is 12.3. The van der Waals surface area contributed by atoms with Gasteiger partial charge in [-0.25, -0.2) is 0 Å². The van der Waals surface area contributed by atoms with Crippen LogP contribution < -0.4 is 5.32 Å². The number of rotatable bonds is 2. The minimum absolute atomic E-state index is 0.00958. The fraction of sp³-hybridized carbons (Fsp3) is 1.00. The summed E-state index contributed by atoms with van der Waals surface area (Å²) in [4.78, 5) is 0. The largest absolute Gasteiger partial charge is 0.396 e. The highest BCUT2D eigenvalue weighted by molar-refractivity contribution is 5.09. The van der Waals surface area contributed by atoms with Crippen molar-refractivity contribution in [3.05, 3.63) is 0 Å². The quantitative estimate of drug-likeness (QED) is 0.675. The minimum atomic E-state index is -0.819. The molecule has 1 fully saturated rings. The van der Waals surface area contributed by atoms with Gasteiger partial charge in [0.15, 0.2) is 0 Å². The van der Waals surface area contributed by atoms with Crippen molar-refractivity contribution in [2.75, 3.05) is 6.61 Å². The molecule has 16 heavy (non-hydrogen) atoms. The van der Waals surface area contributed by atoms with Gasteiger partial charge < -0.3 is 15.5 Å². The van der Waals surface area contributed by atoms with Crippen molar-refractivity contribution in [2.24, 2.45) is 5.41 Å². The van der Waals surface area contributed by atoms with Crippen LogP contribution in [0.25, 0.3) is 0 Å². The predicted octanol–water partition coefficient (Wildman–Crippen LogP) is 1.68. The maximum atomic E-state index is 10.9. The van der Waals surface area contributed by atoms with Crippen LogP contribution in [0, 0.1) is 5.41 Å². The van der Waals surface area contributed by atoms with Crippen LogP contribution in [0.2, 0.25) is 0 Å². The first-order valence-corrected chi connectivity index (χ1v) is 6.06. The van der Waals surface area contributed by atoms with E-state index in [2.05, 4.69) is 33.0 Å². The molecular weight excluding hydrogens is 202 g/mol. The van der Waals surface area contributed by atoms with Gasteiger partial charge in [-0.2, -0.15) is 0 Å². The molecule has 0 atom stereocenters. The van der Waals surface area contributed by atoms with Crippen molar-refractivity contribution in [2.45, 2.75) is 71.1 Å². The maximum Gasteiger partial charge on any atom is 0.0754 e. The topological polar surface area (TPSA) is 52.5 Å². The lowest BCUT2D eigenvalue weighted by molar-refractivity contribution is -0.146. The third kappa shape index (κ3) is 2.58. The summed E-state index contributed by atoms with van der Waals surface area (Å²) in [6, 6.07) is 0. The van der Waals surface area contributed by atoms with Gasteiger partial charge in [0.1, 0.15) is 0 Å². The highest BCUT2D eigenvalue weighted by atomic mass is 16.3. The average Bonchev–Trinajstić information content (AvgIpc) is 1.96. The predicted molar refractivity (Wildman–Crippen MR) is 66.3 cm³/mol. The molecule has 3 heteroatoms. The Labute approximate surface area is 99.3 Å².